The minimum absolute atomic E-state index is 0.256. The van der Waals surface area contributed by atoms with E-state index in [4.69, 9.17) is 5.11 Å². The van der Waals surface area contributed by atoms with Gasteiger partial charge >= 0.3 is 5.97 Å². The van der Waals surface area contributed by atoms with Gasteiger partial charge in [-0.1, -0.05) is 31.9 Å². The van der Waals surface area contributed by atoms with Gasteiger partial charge < -0.3 is 5.11 Å². The number of ketones is 1. The number of carbonyl (C=O) groups excluding carboxylic acids is 1. The van der Waals surface area contributed by atoms with E-state index in [2.05, 4.69) is 19.1 Å². The van der Waals surface area contributed by atoms with E-state index in [0.717, 1.165) is 44.9 Å². The van der Waals surface area contributed by atoms with Crippen molar-refractivity contribution in [3.05, 3.63) is 12.2 Å². The fraction of sp³-hybridized carbons (Fsp3) is 0.789. The molecule has 0 aromatic rings. The molecule has 1 aliphatic heterocycles. The number of carbonyl (C=O) groups is 2. The van der Waals surface area contributed by atoms with E-state index in [9.17, 15) is 9.59 Å². The quantitative estimate of drug-likeness (QED) is 0.374. The predicted octanol–water partition coefficient (Wildman–Crippen LogP) is 5.10. The lowest BCUT2D eigenvalue weighted by Gasteiger charge is -2.16. The van der Waals surface area contributed by atoms with Crippen LogP contribution in [-0.4, -0.2) is 28.4 Å². The number of carboxylic acids is 1. The molecule has 1 heterocycles. The SMILES string of the molecule is CCCCCC(=O)CC[C@@H]1CSC[C@@H]1C/C=C\CCCC(=O)O. The zero-order valence-electron chi connectivity index (χ0n) is 14.5. The number of hydrogen-bond donors (Lipinski definition) is 1. The Morgan fingerprint density at radius 2 is 1.83 bits per heavy atom. The van der Waals surface area contributed by atoms with Crippen LogP contribution in [0.25, 0.3) is 0 Å². The first-order chi connectivity index (χ1) is 11.1. The second-order valence-electron chi connectivity index (χ2n) is 6.59. The summed E-state index contributed by atoms with van der Waals surface area (Å²) in [6, 6.07) is 0. The van der Waals surface area contributed by atoms with Crippen molar-refractivity contribution in [1.82, 2.24) is 0 Å². The topological polar surface area (TPSA) is 54.4 Å². The van der Waals surface area contributed by atoms with Gasteiger partial charge in [-0.15, -0.1) is 0 Å². The maximum absolute atomic E-state index is 11.9. The number of carboxylic acid groups (broad SMARTS) is 1. The molecule has 0 radical (unpaired) electrons. The van der Waals surface area contributed by atoms with E-state index in [1.165, 1.54) is 24.3 Å². The first-order valence-corrected chi connectivity index (χ1v) is 10.2. The fourth-order valence-electron chi connectivity index (χ4n) is 3.03. The van der Waals surface area contributed by atoms with Crippen LogP contribution in [-0.2, 0) is 9.59 Å². The fourth-order valence-corrected chi connectivity index (χ4v) is 4.61. The molecule has 0 saturated carbocycles. The smallest absolute Gasteiger partial charge is 0.303 e. The highest BCUT2D eigenvalue weighted by Crippen LogP contribution is 2.35. The minimum atomic E-state index is -0.714. The highest BCUT2D eigenvalue weighted by molar-refractivity contribution is 7.99. The number of Topliss-reactive ketones (excluding diaryl/α,β-unsaturated/α-hetero) is 1. The highest BCUT2D eigenvalue weighted by Gasteiger charge is 2.26. The highest BCUT2D eigenvalue weighted by atomic mass is 32.2. The number of aliphatic carboxylic acids is 1. The molecule has 1 rings (SSSR count). The van der Waals surface area contributed by atoms with E-state index >= 15 is 0 Å². The van der Waals surface area contributed by atoms with Crippen LogP contribution in [0.15, 0.2) is 12.2 Å². The zero-order chi connectivity index (χ0) is 16.9. The van der Waals surface area contributed by atoms with Crippen molar-refractivity contribution in [3.63, 3.8) is 0 Å². The first-order valence-electron chi connectivity index (χ1n) is 9.09. The molecule has 132 valence electrons. The van der Waals surface area contributed by atoms with Gasteiger partial charge in [0.25, 0.3) is 0 Å². The molecule has 0 aliphatic carbocycles. The van der Waals surface area contributed by atoms with Crippen LogP contribution in [0, 0.1) is 11.8 Å². The second kappa shape index (κ2) is 12.6. The maximum atomic E-state index is 11.9. The number of allylic oxidation sites excluding steroid dienone is 2. The number of rotatable bonds is 13. The van der Waals surface area contributed by atoms with Gasteiger partial charge in [0.1, 0.15) is 5.78 Å². The monoisotopic (exact) mass is 340 g/mol. The van der Waals surface area contributed by atoms with E-state index < -0.39 is 5.97 Å². The summed E-state index contributed by atoms with van der Waals surface area (Å²) in [5, 5.41) is 8.59. The largest absolute Gasteiger partial charge is 0.481 e. The lowest BCUT2D eigenvalue weighted by atomic mass is 9.88. The molecule has 0 amide bonds. The molecule has 1 saturated heterocycles. The van der Waals surface area contributed by atoms with Crippen LogP contribution in [0.3, 0.4) is 0 Å². The van der Waals surface area contributed by atoms with Crippen LogP contribution in [0.1, 0.15) is 71.1 Å². The first kappa shape index (κ1) is 20.3. The molecule has 2 atom stereocenters. The van der Waals surface area contributed by atoms with Gasteiger partial charge in [0, 0.05) is 19.3 Å². The Hall–Kier alpha value is -0.770. The third kappa shape index (κ3) is 9.85. The molecule has 1 N–H and O–H groups in total. The molecule has 4 heteroatoms. The summed E-state index contributed by atoms with van der Waals surface area (Å²) in [6.45, 7) is 2.17. The average Bonchev–Trinajstić information content (AvgIpc) is 2.96. The van der Waals surface area contributed by atoms with Crippen molar-refractivity contribution in [2.75, 3.05) is 11.5 Å². The molecule has 0 unspecified atom stereocenters. The van der Waals surface area contributed by atoms with Crippen molar-refractivity contribution < 1.29 is 14.7 Å². The summed E-state index contributed by atoms with van der Waals surface area (Å²) in [4.78, 5) is 22.3. The van der Waals surface area contributed by atoms with Crippen molar-refractivity contribution >= 4 is 23.5 Å². The summed E-state index contributed by atoms with van der Waals surface area (Å²) in [6.07, 6.45) is 13.2. The third-order valence-electron chi connectivity index (χ3n) is 4.55. The van der Waals surface area contributed by atoms with Crippen LogP contribution in [0.4, 0.5) is 0 Å². The van der Waals surface area contributed by atoms with E-state index in [1.54, 1.807) is 0 Å². The Labute approximate surface area is 145 Å². The molecule has 3 nitrogen and oxygen atoms in total. The Kier molecular flexibility index (Phi) is 11.1. The zero-order valence-corrected chi connectivity index (χ0v) is 15.3. The third-order valence-corrected chi connectivity index (χ3v) is 5.88. The molecule has 0 aromatic carbocycles. The van der Waals surface area contributed by atoms with Gasteiger partial charge in [0.2, 0.25) is 0 Å². The summed E-state index contributed by atoms with van der Waals surface area (Å²) < 4.78 is 0. The van der Waals surface area contributed by atoms with Gasteiger partial charge in [-0.25, -0.2) is 0 Å². The lowest BCUT2D eigenvalue weighted by Crippen LogP contribution is -2.13. The summed E-state index contributed by atoms with van der Waals surface area (Å²) in [7, 11) is 0. The minimum Gasteiger partial charge on any atom is -0.481 e. The molecular weight excluding hydrogens is 308 g/mol. The Balaban J connectivity index is 2.16. The average molecular weight is 341 g/mol. The van der Waals surface area contributed by atoms with E-state index in [1.807, 2.05) is 11.8 Å². The number of hydrogen-bond acceptors (Lipinski definition) is 3. The molecule has 0 spiro atoms. The summed E-state index contributed by atoms with van der Waals surface area (Å²) in [5.41, 5.74) is 0. The van der Waals surface area contributed by atoms with Gasteiger partial charge in [0.15, 0.2) is 0 Å². The Morgan fingerprint density at radius 3 is 2.57 bits per heavy atom. The van der Waals surface area contributed by atoms with Crippen LogP contribution in [0.2, 0.25) is 0 Å². The molecule has 0 bridgehead atoms. The molecular formula is C19H32O3S. The van der Waals surface area contributed by atoms with E-state index in [-0.39, 0.29) is 6.42 Å². The van der Waals surface area contributed by atoms with Crippen LogP contribution in [0.5, 0.6) is 0 Å². The van der Waals surface area contributed by atoms with Crippen molar-refractivity contribution in [2.45, 2.75) is 71.1 Å². The predicted molar refractivity (Wildman–Crippen MR) is 97.9 cm³/mol. The molecule has 0 aromatic heterocycles. The summed E-state index contributed by atoms with van der Waals surface area (Å²) >= 11 is 2.01. The number of thioether (sulfide) groups is 1. The molecule has 1 aliphatic rings. The second-order valence-corrected chi connectivity index (χ2v) is 7.66. The lowest BCUT2D eigenvalue weighted by molar-refractivity contribution is -0.137. The van der Waals surface area contributed by atoms with E-state index in [0.29, 0.717) is 17.6 Å². The summed E-state index contributed by atoms with van der Waals surface area (Å²) in [5.74, 6) is 3.50. The Morgan fingerprint density at radius 1 is 1.04 bits per heavy atom. The van der Waals surface area contributed by atoms with Crippen molar-refractivity contribution in [1.29, 1.82) is 0 Å². The van der Waals surface area contributed by atoms with Crippen molar-refractivity contribution in [3.8, 4) is 0 Å². The van der Waals surface area contributed by atoms with Crippen LogP contribution >= 0.6 is 11.8 Å². The molecule has 23 heavy (non-hydrogen) atoms. The normalized spacial score (nSPS) is 21.1. The Bertz CT molecular complexity index is 379. The van der Waals surface area contributed by atoms with Gasteiger partial charge in [-0.05, 0) is 55.4 Å². The maximum Gasteiger partial charge on any atom is 0.303 e. The van der Waals surface area contributed by atoms with Crippen molar-refractivity contribution in [2.24, 2.45) is 11.8 Å². The standard InChI is InChI=1S/C19H32O3S/c1-2-3-6-10-18(20)13-12-17-15-23-14-16(17)9-7-4-5-8-11-19(21)22/h4,7,16-17H,2-3,5-6,8-15H2,1H3,(H,21,22)/b7-4-/t16-,17+/m0/s1. The molecule has 1 fully saturated rings. The van der Waals surface area contributed by atoms with Gasteiger partial charge in [-0.2, -0.15) is 11.8 Å². The van der Waals surface area contributed by atoms with Gasteiger partial charge in [0.05, 0.1) is 0 Å². The van der Waals surface area contributed by atoms with Gasteiger partial charge in [-0.3, -0.25) is 9.59 Å². The van der Waals surface area contributed by atoms with Crippen LogP contribution < -0.4 is 0 Å². The number of unbranched alkanes of at least 4 members (excludes halogenated alkanes) is 3.